The van der Waals surface area contributed by atoms with E-state index in [0.717, 1.165) is 19.5 Å². The Bertz CT molecular complexity index is 301. The zero-order chi connectivity index (χ0) is 12.0. The molecule has 1 fully saturated rings. The van der Waals surface area contributed by atoms with Crippen molar-refractivity contribution in [1.29, 1.82) is 0 Å². The third kappa shape index (κ3) is 2.32. The molecule has 2 rings (SSSR count). The molecule has 16 heavy (non-hydrogen) atoms. The molecule has 2 heterocycles. The molecule has 0 amide bonds. The fourth-order valence-corrected chi connectivity index (χ4v) is 2.57. The Kier molecular flexibility index (Phi) is 3.43. The molecule has 1 saturated heterocycles. The van der Waals surface area contributed by atoms with E-state index in [-0.39, 0.29) is 18.3 Å². The average molecular weight is 335 g/mol. The lowest BCUT2D eigenvalue weighted by molar-refractivity contribution is 0.00578. The molecule has 0 radical (unpaired) electrons. The first kappa shape index (κ1) is 12.9. The molecule has 3 nitrogen and oxygen atoms in total. The first-order valence-electron chi connectivity index (χ1n) is 5.77. The van der Waals surface area contributed by atoms with Crippen molar-refractivity contribution in [3.8, 4) is 0 Å². The lowest BCUT2D eigenvalue weighted by atomic mass is 9.76. The van der Waals surface area contributed by atoms with E-state index in [0.29, 0.717) is 0 Å². The second-order valence-electron chi connectivity index (χ2n) is 5.50. The zero-order valence-electron chi connectivity index (χ0n) is 10.4. The van der Waals surface area contributed by atoms with Crippen molar-refractivity contribution < 1.29 is 9.31 Å². The topological polar surface area (TPSA) is 21.7 Å². The molecule has 0 aromatic heterocycles. The smallest absolute Gasteiger partial charge is 0.400 e. The van der Waals surface area contributed by atoms with Gasteiger partial charge in [0.2, 0.25) is 0 Å². The SMILES string of the molecule is CC1(C)OB(C2=CCCN(I)C2)OC1(C)C. The number of hydrogen-bond acceptors (Lipinski definition) is 3. The van der Waals surface area contributed by atoms with E-state index >= 15 is 0 Å². The minimum absolute atomic E-state index is 0.164. The van der Waals surface area contributed by atoms with Gasteiger partial charge in [-0.05, 0) is 39.6 Å². The minimum Gasteiger partial charge on any atom is -0.400 e. The van der Waals surface area contributed by atoms with E-state index in [1.54, 1.807) is 0 Å². The zero-order valence-corrected chi connectivity index (χ0v) is 12.6. The number of hydrogen-bond donors (Lipinski definition) is 0. The van der Waals surface area contributed by atoms with Gasteiger partial charge in [-0.25, -0.2) is 3.11 Å². The molecule has 90 valence electrons. The Morgan fingerprint density at radius 2 is 1.81 bits per heavy atom. The first-order chi connectivity index (χ1) is 7.32. The van der Waals surface area contributed by atoms with Crippen LogP contribution in [-0.4, -0.2) is 34.5 Å². The van der Waals surface area contributed by atoms with Gasteiger partial charge in [0.05, 0.1) is 11.2 Å². The summed E-state index contributed by atoms with van der Waals surface area (Å²) in [7, 11) is -0.164. The van der Waals surface area contributed by atoms with Gasteiger partial charge in [-0.1, -0.05) is 6.08 Å². The van der Waals surface area contributed by atoms with Gasteiger partial charge in [-0.2, -0.15) is 0 Å². The summed E-state index contributed by atoms with van der Waals surface area (Å²) in [4.78, 5) is 0. The lowest BCUT2D eigenvalue weighted by Gasteiger charge is -2.32. The molecule has 0 saturated carbocycles. The molecule has 2 aliphatic rings. The molecule has 0 aromatic rings. The van der Waals surface area contributed by atoms with Gasteiger partial charge >= 0.3 is 7.12 Å². The Morgan fingerprint density at radius 1 is 1.25 bits per heavy atom. The van der Waals surface area contributed by atoms with Gasteiger partial charge in [-0.15, -0.1) is 0 Å². The summed E-state index contributed by atoms with van der Waals surface area (Å²) < 4.78 is 14.3. The number of halogens is 1. The van der Waals surface area contributed by atoms with Crippen LogP contribution in [0.4, 0.5) is 0 Å². The van der Waals surface area contributed by atoms with E-state index in [1.165, 1.54) is 5.47 Å². The highest BCUT2D eigenvalue weighted by Gasteiger charge is 2.52. The molecule has 0 atom stereocenters. The van der Waals surface area contributed by atoms with Crippen LogP contribution in [0.2, 0.25) is 0 Å². The Hall–Kier alpha value is 0.415. The second kappa shape index (κ2) is 4.26. The quantitative estimate of drug-likeness (QED) is 0.418. The number of nitrogens with zero attached hydrogens (tertiary/aromatic N) is 1. The van der Waals surface area contributed by atoms with Crippen LogP contribution in [0.1, 0.15) is 34.1 Å². The molecule has 0 N–H and O–H groups in total. The van der Waals surface area contributed by atoms with E-state index in [2.05, 4.69) is 59.7 Å². The largest absolute Gasteiger partial charge is 0.491 e. The average Bonchev–Trinajstić information content (AvgIpc) is 2.36. The fraction of sp³-hybridized carbons (Fsp3) is 0.818. The highest BCUT2D eigenvalue weighted by atomic mass is 127. The highest BCUT2D eigenvalue weighted by molar-refractivity contribution is 14.1. The Balaban J connectivity index is 2.11. The van der Waals surface area contributed by atoms with Crippen LogP contribution in [-0.2, 0) is 9.31 Å². The van der Waals surface area contributed by atoms with Gasteiger partial charge in [0, 0.05) is 36.0 Å². The molecule has 5 heteroatoms. The normalized spacial score (nSPS) is 29.3. The molecule has 0 unspecified atom stereocenters. The second-order valence-corrected chi connectivity index (χ2v) is 6.86. The summed E-state index contributed by atoms with van der Waals surface area (Å²) in [5.41, 5.74) is 0.803. The van der Waals surface area contributed by atoms with Crippen LogP contribution in [0.15, 0.2) is 11.5 Å². The van der Waals surface area contributed by atoms with E-state index in [9.17, 15) is 0 Å². The molecule has 2 aliphatic heterocycles. The monoisotopic (exact) mass is 335 g/mol. The van der Waals surface area contributed by atoms with Crippen LogP contribution in [0.3, 0.4) is 0 Å². The Labute approximate surface area is 112 Å². The van der Waals surface area contributed by atoms with Gasteiger partial charge in [-0.3, -0.25) is 0 Å². The molecular weight excluding hydrogens is 316 g/mol. The third-order valence-electron chi connectivity index (χ3n) is 3.69. The van der Waals surface area contributed by atoms with Crippen molar-refractivity contribution in [2.45, 2.75) is 45.3 Å². The standard InChI is InChI=1S/C11H19BINO2/c1-10(2)11(3,4)16-12(15-10)9-6-5-7-14(13)8-9/h6H,5,7-8H2,1-4H3. The van der Waals surface area contributed by atoms with Gasteiger partial charge in [0.1, 0.15) is 0 Å². The molecule has 0 aromatic carbocycles. The first-order valence-corrected chi connectivity index (χ1v) is 6.74. The predicted octanol–water partition coefficient (Wildman–Crippen LogP) is 2.60. The van der Waals surface area contributed by atoms with Crippen LogP contribution >= 0.6 is 22.9 Å². The van der Waals surface area contributed by atoms with E-state index in [1.807, 2.05) is 0 Å². The van der Waals surface area contributed by atoms with Crippen LogP contribution in [0.5, 0.6) is 0 Å². The highest BCUT2D eigenvalue weighted by Crippen LogP contribution is 2.39. The third-order valence-corrected chi connectivity index (χ3v) is 4.51. The minimum atomic E-state index is -0.230. The van der Waals surface area contributed by atoms with Crippen LogP contribution < -0.4 is 0 Å². The summed E-state index contributed by atoms with van der Waals surface area (Å²) in [6.45, 7) is 10.4. The maximum atomic E-state index is 6.03. The summed E-state index contributed by atoms with van der Waals surface area (Å²) in [5.74, 6) is 0. The van der Waals surface area contributed by atoms with Gasteiger partial charge in [0.25, 0.3) is 0 Å². The molecule has 0 bridgehead atoms. The van der Waals surface area contributed by atoms with Gasteiger partial charge in [0.15, 0.2) is 0 Å². The summed E-state index contributed by atoms with van der Waals surface area (Å²) in [6, 6.07) is 0. The molecule has 0 spiro atoms. The van der Waals surface area contributed by atoms with Crippen molar-refractivity contribution in [3.63, 3.8) is 0 Å². The Morgan fingerprint density at radius 3 is 2.31 bits per heavy atom. The van der Waals surface area contributed by atoms with Crippen molar-refractivity contribution in [2.75, 3.05) is 13.1 Å². The molecule has 0 aliphatic carbocycles. The van der Waals surface area contributed by atoms with E-state index in [4.69, 9.17) is 9.31 Å². The van der Waals surface area contributed by atoms with Crippen molar-refractivity contribution in [3.05, 3.63) is 11.5 Å². The lowest BCUT2D eigenvalue weighted by Crippen LogP contribution is -2.41. The fourth-order valence-electron chi connectivity index (χ4n) is 1.90. The number of rotatable bonds is 1. The predicted molar refractivity (Wildman–Crippen MR) is 74.4 cm³/mol. The maximum absolute atomic E-state index is 6.03. The maximum Gasteiger partial charge on any atom is 0.491 e. The molecular formula is C11H19BINO2. The van der Waals surface area contributed by atoms with Crippen molar-refractivity contribution in [1.82, 2.24) is 3.11 Å². The summed E-state index contributed by atoms with van der Waals surface area (Å²) in [5, 5.41) is 0. The van der Waals surface area contributed by atoms with Crippen molar-refractivity contribution >= 4 is 30.0 Å². The van der Waals surface area contributed by atoms with Gasteiger partial charge < -0.3 is 9.31 Å². The van der Waals surface area contributed by atoms with Crippen LogP contribution in [0, 0.1) is 0 Å². The summed E-state index contributed by atoms with van der Waals surface area (Å²) in [6.07, 6.45) is 3.35. The van der Waals surface area contributed by atoms with Crippen LogP contribution in [0.25, 0.3) is 0 Å². The van der Waals surface area contributed by atoms with Crippen molar-refractivity contribution in [2.24, 2.45) is 0 Å². The van der Waals surface area contributed by atoms with E-state index < -0.39 is 0 Å². The summed E-state index contributed by atoms with van der Waals surface area (Å²) >= 11 is 2.36.